The Morgan fingerprint density at radius 2 is 2.37 bits per heavy atom. The standard InChI is InChI=1S/C14H24N4S/c1-11-17-13(10-19-11)9-18(3)14(15-2)16-8-4-5-12-6-7-12/h10,12H,4-9H2,1-3H3,(H,15,16). The van der Waals surface area contributed by atoms with E-state index in [-0.39, 0.29) is 0 Å². The number of hydrogen-bond donors (Lipinski definition) is 1. The van der Waals surface area contributed by atoms with Crippen LogP contribution in [0.5, 0.6) is 0 Å². The van der Waals surface area contributed by atoms with Gasteiger partial charge in [0.25, 0.3) is 0 Å². The van der Waals surface area contributed by atoms with Crippen LogP contribution in [0.2, 0.25) is 0 Å². The summed E-state index contributed by atoms with van der Waals surface area (Å²) in [5.74, 6) is 1.97. The van der Waals surface area contributed by atoms with E-state index in [1.54, 1.807) is 11.3 Å². The van der Waals surface area contributed by atoms with E-state index in [1.807, 2.05) is 14.0 Å². The van der Waals surface area contributed by atoms with Gasteiger partial charge in [-0.3, -0.25) is 4.99 Å². The first-order valence-corrected chi connectivity index (χ1v) is 7.90. The van der Waals surface area contributed by atoms with Crippen molar-refractivity contribution in [2.45, 2.75) is 39.2 Å². The molecule has 0 amide bonds. The summed E-state index contributed by atoms with van der Waals surface area (Å²) in [4.78, 5) is 11.0. The van der Waals surface area contributed by atoms with Gasteiger partial charge in [-0.1, -0.05) is 12.8 Å². The highest BCUT2D eigenvalue weighted by Gasteiger charge is 2.20. The maximum absolute atomic E-state index is 4.49. The van der Waals surface area contributed by atoms with Crippen molar-refractivity contribution >= 4 is 17.3 Å². The Labute approximate surface area is 120 Å². The molecule has 1 fully saturated rings. The molecule has 0 bridgehead atoms. The second kappa shape index (κ2) is 6.89. The molecular weight excluding hydrogens is 256 g/mol. The van der Waals surface area contributed by atoms with E-state index >= 15 is 0 Å². The van der Waals surface area contributed by atoms with E-state index in [0.29, 0.717) is 0 Å². The minimum absolute atomic E-state index is 0.812. The molecule has 1 aliphatic rings. The Kier molecular flexibility index (Phi) is 5.19. The van der Waals surface area contributed by atoms with E-state index in [9.17, 15) is 0 Å². The fraction of sp³-hybridized carbons (Fsp3) is 0.714. The van der Waals surface area contributed by atoms with Crippen LogP contribution in [0, 0.1) is 12.8 Å². The van der Waals surface area contributed by atoms with Gasteiger partial charge in [0.15, 0.2) is 5.96 Å². The summed E-state index contributed by atoms with van der Waals surface area (Å²) in [5, 5.41) is 6.67. The lowest BCUT2D eigenvalue weighted by atomic mass is 10.2. The minimum atomic E-state index is 0.812. The molecule has 2 rings (SSSR count). The normalized spacial score (nSPS) is 15.6. The summed E-state index contributed by atoms with van der Waals surface area (Å²) in [7, 11) is 3.90. The zero-order valence-corrected chi connectivity index (χ0v) is 13.0. The highest BCUT2D eigenvalue weighted by Crippen LogP contribution is 2.33. The summed E-state index contributed by atoms with van der Waals surface area (Å²) < 4.78 is 0. The summed E-state index contributed by atoms with van der Waals surface area (Å²) >= 11 is 1.70. The second-order valence-corrected chi connectivity index (χ2v) is 6.34. The molecule has 0 aliphatic heterocycles. The Morgan fingerprint density at radius 3 is 2.95 bits per heavy atom. The van der Waals surface area contributed by atoms with Crippen LogP contribution in [0.25, 0.3) is 0 Å². The molecule has 0 radical (unpaired) electrons. The van der Waals surface area contributed by atoms with Crippen LogP contribution >= 0.6 is 11.3 Å². The Bertz CT molecular complexity index is 423. The zero-order chi connectivity index (χ0) is 13.7. The maximum atomic E-state index is 4.49. The first kappa shape index (κ1) is 14.3. The van der Waals surface area contributed by atoms with Crippen molar-refractivity contribution in [1.29, 1.82) is 0 Å². The number of guanidine groups is 1. The van der Waals surface area contributed by atoms with Crippen molar-refractivity contribution in [3.05, 3.63) is 16.1 Å². The van der Waals surface area contributed by atoms with Gasteiger partial charge in [0, 0.05) is 26.0 Å². The molecule has 0 saturated heterocycles. The molecule has 0 spiro atoms. The lowest BCUT2D eigenvalue weighted by molar-refractivity contribution is 0.468. The number of nitrogens with zero attached hydrogens (tertiary/aromatic N) is 3. The average molecular weight is 280 g/mol. The Morgan fingerprint density at radius 1 is 1.58 bits per heavy atom. The first-order valence-electron chi connectivity index (χ1n) is 7.02. The van der Waals surface area contributed by atoms with Crippen LogP contribution < -0.4 is 5.32 Å². The van der Waals surface area contributed by atoms with E-state index in [0.717, 1.165) is 35.7 Å². The third-order valence-electron chi connectivity index (χ3n) is 3.41. The first-order chi connectivity index (χ1) is 9.19. The van der Waals surface area contributed by atoms with Gasteiger partial charge in [0.1, 0.15) is 0 Å². The Hall–Kier alpha value is -1.10. The van der Waals surface area contributed by atoms with E-state index in [1.165, 1.54) is 25.7 Å². The van der Waals surface area contributed by atoms with E-state index in [4.69, 9.17) is 0 Å². The minimum Gasteiger partial charge on any atom is -0.356 e. The van der Waals surface area contributed by atoms with E-state index < -0.39 is 0 Å². The average Bonchev–Trinajstić information content (AvgIpc) is 3.12. The van der Waals surface area contributed by atoms with Crippen molar-refractivity contribution in [3.63, 3.8) is 0 Å². The van der Waals surface area contributed by atoms with Crippen LogP contribution in [-0.2, 0) is 6.54 Å². The van der Waals surface area contributed by atoms with Crippen molar-refractivity contribution in [3.8, 4) is 0 Å². The number of thiazole rings is 1. The second-order valence-electron chi connectivity index (χ2n) is 5.27. The van der Waals surface area contributed by atoms with Crippen LogP contribution in [0.1, 0.15) is 36.4 Å². The molecule has 0 unspecified atom stereocenters. The molecule has 1 N–H and O–H groups in total. The summed E-state index contributed by atoms with van der Waals surface area (Å²) in [5.41, 5.74) is 1.12. The number of aromatic nitrogens is 1. The molecule has 5 heteroatoms. The van der Waals surface area contributed by atoms with Gasteiger partial charge >= 0.3 is 0 Å². The van der Waals surface area contributed by atoms with Crippen molar-refractivity contribution < 1.29 is 0 Å². The third-order valence-corrected chi connectivity index (χ3v) is 4.23. The fourth-order valence-electron chi connectivity index (χ4n) is 2.18. The molecule has 1 saturated carbocycles. The molecule has 0 atom stereocenters. The number of nitrogens with one attached hydrogen (secondary N) is 1. The van der Waals surface area contributed by atoms with Gasteiger partial charge in [-0.05, 0) is 25.7 Å². The number of aliphatic imine (C=N–C) groups is 1. The zero-order valence-electron chi connectivity index (χ0n) is 12.1. The van der Waals surface area contributed by atoms with Crippen LogP contribution in [0.15, 0.2) is 10.4 Å². The smallest absolute Gasteiger partial charge is 0.193 e. The van der Waals surface area contributed by atoms with Crippen molar-refractivity contribution in [2.24, 2.45) is 10.9 Å². The molecule has 1 aromatic rings. The Balaban J connectivity index is 1.72. The predicted molar refractivity (Wildman–Crippen MR) is 81.6 cm³/mol. The monoisotopic (exact) mass is 280 g/mol. The quantitative estimate of drug-likeness (QED) is 0.495. The lowest BCUT2D eigenvalue weighted by Crippen LogP contribution is -2.38. The largest absolute Gasteiger partial charge is 0.356 e. The molecule has 1 aromatic heterocycles. The molecule has 106 valence electrons. The molecule has 19 heavy (non-hydrogen) atoms. The molecule has 0 aromatic carbocycles. The van der Waals surface area contributed by atoms with Gasteiger partial charge in [-0.15, -0.1) is 11.3 Å². The van der Waals surface area contributed by atoms with Crippen LogP contribution in [0.4, 0.5) is 0 Å². The summed E-state index contributed by atoms with van der Waals surface area (Å²) in [6.07, 6.45) is 5.49. The summed E-state index contributed by atoms with van der Waals surface area (Å²) in [6, 6.07) is 0. The van der Waals surface area contributed by atoms with Gasteiger partial charge in [-0.2, -0.15) is 0 Å². The SMILES string of the molecule is CN=C(NCCCC1CC1)N(C)Cc1csc(C)n1. The number of rotatable bonds is 6. The van der Waals surface area contributed by atoms with Crippen LogP contribution in [-0.4, -0.2) is 36.5 Å². The number of hydrogen-bond acceptors (Lipinski definition) is 3. The topological polar surface area (TPSA) is 40.5 Å². The molecular formula is C14H24N4S. The van der Waals surface area contributed by atoms with Gasteiger partial charge in [-0.25, -0.2) is 4.98 Å². The van der Waals surface area contributed by atoms with E-state index in [2.05, 4.69) is 32.6 Å². The highest BCUT2D eigenvalue weighted by molar-refractivity contribution is 7.09. The molecule has 1 heterocycles. The third kappa shape index (κ3) is 4.82. The summed E-state index contributed by atoms with van der Waals surface area (Å²) in [6.45, 7) is 3.87. The van der Waals surface area contributed by atoms with Gasteiger partial charge in [0.05, 0.1) is 17.2 Å². The maximum Gasteiger partial charge on any atom is 0.193 e. The molecule has 1 aliphatic carbocycles. The van der Waals surface area contributed by atoms with Gasteiger partial charge in [0.2, 0.25) is 0 Å². The highest BCUT2D eigenvalue weighted by atomic mass is 32.1. The van der Waals surface area contributed by atoms with Crippen LogP contribution in [0.3, 0.4) is 0 Å². The van der Waals surface area contributed by atoms with Crippen molar-refractivity contribution in [2.75, 3.05) is 20.6 Å². The van der Waals surface area contributed by atoms with Crippen molar-refractivity contribution in [1.82, 2.24) is 15.2 Å². The van der Waals surface area contributed by atoms with Gasteiger partial charge < -0.3 is 10.2 Å². The predicted octanol–water partition coefficient (Wildman–Crippen LogP) is 2.65. The lowest BCUT2D eigenvalue weighted by Gasteiger charge is -2.21. The fourth-order valence-corrected chi connectivity index (χ4v) is 2.78. The molecule has 4 nitrogen and oxygen atoms in total. The number of aryl methyl sites for hydroxylation is 1.